The van der Waals surface area contributed by atoms with Gasteiger partial charge in [-0.2, -0.15) is 0 Å². The number of methoxy groups -OCH3 is 1. The number of nitrogens with two attached hydrogens (primary N) is 1. The van der Waals surface area contributed by atoms with Crippen LogP contribution in [0.1, 0.15) is 24.8 Å². The summed E-state index contributed by atoms with van der Waals surface area (Å²) in [5, 5.41) is 11.6. The number of nitrogens with one attached hydrogen (secondary N) is 1. The van der Waals surface area contributed by atoms with Crippen LogP contribution in [0.4, 0.5) is 0 Å². The van der Waals surface area contributed by atoms with E-state index >= 15 is 0 Å². The fraction of sp³-hybridized carbons (Fsp3) is 0.375. The van der Waals surface area contributed by atoms with Crippen LogP contribution in [0.15, 0.2) is 30.3 Å². The number of ether oxygens (including phenoxy) is 1. The van der Waals surface area contributed by atoms with Gasteiger partial charge in [0.25, 0.3) is 0 Å². The molecule has 22 heavy (non-hydrogen) atoms. The van der Waals surface area contributed by atoms with Crippen molar-refractivity contribution in [3.05, 3.63) is 35.9 Å². The van der Waals surface area contributed by atoms with Gasteiger partial charge in [-0.3, -0.25) is 4.79 Å². The van der Waals surface area contributed by atoms with Gasteiger partial charge in [-0.15, -0.1) is 0 Å². The van der Waals surface area contributed by atoms with Crippen molar-refractivity contribution < 1.29 is 19.4 Å². The molecule has 0 aromatic heterocycles. The Morgan fingerprint density at radius 3 is 2.55 bits per heavy atom. The maximum atomic E-state index is 11.8. The van der Waals surface area contributed by atoms with E-state index in [-0.39, 0.29) is 0 Å². The lowest BCUT2D eigenvalue weighted by molar-refractivity contribution is -0.141. The van der Waals surface area contributed by atoms with Crippen molar-refractivity contribution in [1.29, 1.82) is 0 Å². The van der Waals surface area contributed by atoms with Crippen LogP contribution in [-0.2, 0) is 9.59 Å². The largest absolute Gasteiger partial charge is 0.497 e. The molecule has 0 aliphatic carbocycles. The summed E-state index contributed by atoms with van der Waals surface area (Å²) in [6.07, 6.45) is 4.71. The van der Waals surface area contributed by atoms with Crippen LogP contribution in [0.3, 0.4) is 0 Å². The molecule has 1 amide bonds. The Hall–Kier alpha value is -2.34. The lowest BCUT2D eigenvalue weighted by Gasteiger charge is -2.12. The molecule has 1 rings (SSSR count). The van der Waals surface area contributed by atoms with Crippen LogP contribution >= 0.6 is 0 Å². The second-order valence-electron chi connectivity index (χ2n) is 4.79. The van der Waals surface area contributed by atoms with Crippen molar-refractivity contribution in [2.24, 2.45) is 5.73 Å². The summed E-state index contributed by atoms with van der Waals surface area (Å²) in [5.41, 5.74) is 6.19. The number of carboxylic acid groups (broad SMARTS) is 1. The molecule has 0 aliphatic rings. The van der Waals surface area contributed by atoms with Crippen LogP contribution in [0.2, 0.25) is 0 Å². The third-order valence-electron chi connectivity index (χ3n) is 3.10. The smallest absolute Gasteiger partial charge is 0.326 e. The fourth-order valence-corrected chi connectivity index (χ4v) is 1.86. The summed E-state index contributed by atoms with van der Waals surface area (Å²) in [5.74, 6) is -0.744. The zero-order chi connectivity index (χ0) is 16.4. The third-order valence-corrected chi connectivity index (χ3v) is 3.10. The fourth-order valence-electron chi connectivity index (χ4n) is 1.86. The molecule has 0 unspecified atom stereocenters. The van der Waals surface area contributed by atoms with Gasteiger partial charge in [0.2, 0.25) is 5.91 Å². The topological polar surface area (TPSA) is 102 Å². The summed E-state index contributed by atoms with van der Waals surface area (Å²) in [6.45, 7) is 0.512. The highest BCUT2D eigenvalue weighted by molar-refractivity contribution is 5.94. The highest BCUT2D eigenvalue weighted by Crippen LogP contribution is 2.12. The number of amides is 1. The molecule has 0 bridgehead atoms. The molecule has 6 heteroatoms. The van der Waals surface area contributed by atoms with E-state index in [4.69, 9.17) is 15.6 Å². The number of hydrogen-bond acceptors (Lipinski definition) is 4. The molecule has 1 atom stereocenters. The van der Waals surface area contributed by atoms with Gasteiger partial charge in [-0.1, -0.05) is 12.1 Å². The maximum absolute atomic E-state index is 11.8. The minimum atomic E-state index is -1.04. The van der Waals surface area contributed by atoms with Gasteiger partial charge in [-0.05, 0) is 49.6 Å². The van der Waals surface area contributed by atoms with Gasteiger partial charge < -0.3 is 20.9 Å². The molecule has 0 fully saturated rings. The van der Waals surface area contributed by atoms with E-state index < -0.39 is 17.9 Å². The van der Waals surface area contributed by atoms with Crippen molar-refractivity contribution in [2.75, 3.05) is 13.7 Å². The minimum Gasteiger partial charge on any atom is -0.497 e. The third kappa shape index (κ3) is 6.41. The SMILES string of the molecule is COc1ccc(/C=C/C(=O)N[C@@H](CCCCN)C(=O)O)cc1. The zero-order valence-electron chi connectivity index (χ0n) is 12.6. The number of carbonyl (C=O) groups excluding carboxylic acids is 1. The number of carbonyl (C=O) groups is 2. The van der Waals surface area contributed by atoms with Crippen LogP contribution in [0.5, 0.6) is 5.75 Å². The van der Waals surface area contributed by atoms with Crippen LogP contribution in [0.25, 0.3) is 6.08 Å². The average Bonchev–Trinajstić information content (AvgIpc) is 2.52. The molecular weight excluding hydrogens is 284 g/mol. The Labute approximate surface area is 130 Å². The Bertz CT molecular complexity index is 511. The van der Waals surface area contributed by atoms with Gasteiger partial charge in [0, 0.05) is 6.08 Å². The van der Waals surface area contributed by atoms with E-state index in [0.29, 0.717) is 19.4 Å². The lowest BCUT2D eigenvalue weighted by Crippen LogP contribution is -2.39. The quantitative estimate of drug-likeness (QED) is 0.473. The monoisotopic (exact) mass is 306 g/mol. The van der Waals surface area contributed by atoms with E-state index in [0.717, 1.165) is 17.7 Å². The van der Waals surface area contributed by atoms with E-state index in [1.165, 1.54) is 6.08 Å². The molecule has 1 aromatic carbocycles. The number of aliphatic carboxylic acids is 1. The Balaban J connectivity index is 2.54. The molecule has 0 heterocycles. The van der Waals surface area contributed by atoms with Crippen molar-refractivity contribution in [3.63, 3.8) is 0 Å². The number of carboxylic acids is 1. The first-order valence-corrected chi connectivity index (χ1v) is 7.12. The normalized spacial score (nSPS) is 12.1. The summed E-state index contributed by atoms with van der Waals surface area (Å²) < 4.78 is 5.04. The number of hydrogen-bond donors (Lipinski definition) is 3. The molecule has 4 N–H and O–H groups in total. The Kier molecular flexibility index (Phi) is 7.70. The van der Waals surface area contributed by atoms with Gasteiger partial charge in [0.15, 0.2) is 0 Å². The van der Waals surface area contributed by atoms with Gasteiger partial charge >= 0.3 is 5.97 Å². The van der Waals surface area contributed by atoms with Crippen LogP contribution < -0.4 is 15.8 Å². The minimum absolute atomic E-state index is 0.370. The average molecular weight is 306 g/mol. The van der Waals surface area contributed by atoms with E-state index in [2.05, 4.69) is 5.32 Å². The summed E-state index contributed by atoms with van der Waals surface area (Å²) in [6, 6.07) is 6.28. The van der Waals surface area contributed by atoms with Gasteiger partial charge in [-0.25, -0.2) is 4.79 Å². The van der Waals surface area contributed by atoms with E-state index in [9.17, 15) is 9.59 Å². The van der Waals surface area contributed by atoms with Gasteiger partial charge in [0.05, 0.1) is 7.11 Å². The van der Waals surface area contributed by atoms with E-state index in [1.54, 1.807) is 37.5 Å². The molecule has 1 aromatic rings. The lowest BCUT2D eigenvalue weighted by atomic mass is 10.1. The number of unbranched alkanes of at least 4 members (excludes halogenated alkanes) is 1. The summed E-state index contributed by atoms with van der Waals surface area (Å²) >= 11 is 0. The molecule has 6 nitrogen and oxygen atoms in total. The number of rotatable bonds is 9. The highest BCUT2D eigenvalue weighted by Gasteiger charge is 2.17. The van der Waals surface area contributed by atoms with Crippen molar-refractivity contribution in [1.82, 2.24) is 5.32 Å². The first-order valence-electron chi connectivity index (χ1n) is 7.12. The molecule has 0 saturated carbocycles. The molecule has 0 saturated heterocycles. The molecule has 0 aliphatic heterocycles. The second-order valence-corrected chi connectivity index (χ2v) is 4.79. The predicted octanol–water partition coefficient (Wildman–Crippen LogP) is 1.41. The standard InChI is InChI=1S/C16H22N2O4/c1-22-13-8-5-12(6-9-13)7-10-15(19)18-14(16(20)21)4-2-3-11-17/h5-10,14H,2-4,11,17H2,1H3,(H,18,19)(H,20,21)/b10-7+/t14-/m0/s1. The molecule has 0 radical (unpaired) electrons. The Morgan fingerprint density at radius 1 is 1.32 bits per heavy atom. The van der Waals surface area contributed by atoms with Crippen LogP contribution in [-0.4, -0.2) is 36.7 Å². The summed E-state index contributed by atoms with van der Waals surface area (Å²) in [7, 11) is 1.58. The highest BCUT2D eigenvalue weighted by atomic mass is 16.5. The summed E-state index contributed by atoms with van der Waals surface area (Å²) in [4.78, 5) is 22.9. The number of benzene rings is 1. The van der Waals surface area contributed by atoms with Crippen molar-refractivity contribution in [3.8, 4) is 5.75 Å². The predicted molar refractivity (Wildman–Crippen MR) is 84.5 cm³/mol. The van der Waals surface area contributed by atoms with Crippen molar-refractivity contribution >= 4 is 18.0 Å². The molecule has 0 spiro atoms. The van der Waals surface area contributed by atoms with Crippen molar-refractivity contribution in [2.45, 2.75) is 25.3 Å². The van der Waals surface area contributed by atoms with Crippen LogP contribution in [0, 0.1) is 0 Å². The molecule has 120 valence electrons. The molecular formula is C16H22N2O4. The first kappa shape index (κ1) is 17.7. The first-order chi connectivity index (χ1) is 10.6. The Morgan fingerprint density at radius 2 is 2.00 bits per heavy atom. The maximum Gasteiger partial charge on any atom is 0.326 e. The second kappa shape index (κ2) is 9.57. The zero-order valence-corrected chi connectivity index (χ0v) is 12.6. The van der Waals surface area contributed by atoms with E-state index in [1.807, 2.05) is 0 Å². The van der Waals surface area contributed by atoms with Gasteiger partial charge in [0.1, 0.15) is 11.8 Å².